The Morgan fingerprint density at radius 1 is 1.11 bits per heavy atom. The normalized spacial score (nSPS) is 22.4. The lowest BCUT2D eigenvalue weighted by Crippen LogP contribution is -2.48. The number of nitrogens with one attached hydrogen (secondary N) is 1. The van der Waals surface area contributed by atoms with E-state index in [0.29, 0.717) is 18.4 Å². The molecule has 1 aliphatic carbocycles. The summed E-state index contributed by atoms with van der Waals surface area (Å²) in [6.07, 6.45) is 4.93. The number of fused-ring (bicyclic) bond motifs is 1. The summed E-state index contributed by atoms with van der Waals surface area (Å²) < 4.78 is 4.64. The van der Waals surface area contributed by atoms with Crippen molar-refractivity contribution in [1.29, 1.82) is 0 Å². The van der Waals surface area contributed by atoms with Gasteiger partial charge < -0.3 is 10.1 Å². The first-order chi connectivity index (χ1) is 12.9. The Morgan fingerprint density at radius 2 is 1.67 bits per heavy atom. The summed E-state index contributed by atoms with van der Waals surface area (Å²) in [5, 5.41) is 2.74. The number of imide groups is 1. The van der Waals surface area contributed by atoms with Gasteiger partial charge in [0.2, 0.25) is 17.7 Å². The highest BCUT2D eigenvalue weighted by molar-refractivity contribution is 6.08. The van der Waals surface area contributed by atoms with Gasteiger partial charge in [0.25, 0.3) is 0 Å². The third kappa shape index (κ3) is 3.63. The van der Waals surface area contributed by atoms with Gasteiger partial charge in [-0.2, -0.15) is 0 Å². The first-order valence-corrected chi connectivity index (χ1v) is 8.91. The molecule has 0 spiro atoms. The molecule has 0 aromatic heterocycles. The van der Waals surface area contributed by atoms with Gasteiger partial charge in [-0.1, -0.05) is 24.3 Å². The summed E-state index contributed by atoms with van der Waals surface area (Å²) in [6, 6.07) is 5.79. The number of carbonyl (C=O) groups excluding carboxylic acids is 4. The summed E-state index contributed by atoms with van der Waals surface area (Å²) in [4.78, 5) is 50.1. The predicted molar refractivity (Wildman–Crippen MR) is 96.3 cm³/mol. The Bertz CT molecular complexity index is 773. The lowest BCUT2D eigenvalue weighted by atomic mass is 9.85. The molecule has 0 radical (unpaired) electrons. The van der Waals surface area contributed by atoms with E-state index in [1.807, 2.05) is 12.2 Å². The number of hydrogen-bond acceptors (Lipinski definition) is 5. The molecular weight excluding hydrogens is 348 g/mol. The molecule has 1 fully saturated rings. The summed E-state index contributed by atoms with van der Waals surface area (Å²) in [6.45, 7) is 1.80. The Labute approximate surface area is 157 Å². The van der Waals surface area contributed by atoms with E-state index in [1.165, 1.54) is 7.11 Å². The molecule has 0 unspecified atom stereocenters. The Morgan fingerprint density at radius 3 is 2.19 bits per heavy atom. The number of esters is 1. The maximum absolute atomic E-state index is 12.5. The molecule has 142 valence electrons. The highest BCUT2D eigenvalue weighted by Gasteiger charge is 2.49. The van der Waals surface area contributed by atoms with Crippen molar-refractivity contribution in [3.05, 3.63) is 47.5 Å². The van der Waals surface area contributed by atoms with Gasteiger partial charge in [-0.15, -0.1) is 0 Å². The Kier molecular flexibility index (Phi) is 5.39. The van der Waals surface area contributed by atoms with Crippen molar-refractivity contribution < 1.29 is 23.9 Å². The second-order valence-electron chi connectivity index (χ2n) is 6.78. The minimum atomic E-state index is -0.857. The molecule has 2 aliphatic rings. The lowest BCUT2D eigenvalue weighted by molar-refractivity contribution is -0.147. The quantitative estimate of drug-likeness (QED) is 0.481. The SMILES string of the molecule is COC(=O)c1ccc(CNC(=O)[C@@H](C)N2C(=O)[C@H]3CC=CC[C@H]3C2=O)cc1. The van der Waals surface area contributed by atoms with Crippen LogP contribution in [-0.4, -0.2) is 41.7 Å². The van der Waals surface area contributed by atoms with Crippen molar-refractivity contribution in [2.75, 3.05) is 7.11 Å². The van der Waals surface area contributed by atoms with Crippen LogP contribution in [0.5, 0.6) is 0 Å². The monoisotopic (exact) mass is 370 g/mol. The summed E-state index contributed by atoms with van der Waals surface area (Å²) >= 11 is 0. The van der Waals surface area contributed by atoms with Gasteiger partial charge in [0.1, 0.15) is 6.04 Å². The van der Waals surface area contributed by atoms with E-state index in [-0.39, 0.29) is 36.1 Å². The van der Waals surface area contributed by atoms with Crippen molar-refractivity contribution in [3.8, 4) is 0 Å². The predicted octanol–water partition coefficient (Wildman–Crippen LogP) is 1.43. The maximum Gasteiger partial charge on any atom is 0.337 e. The number of ether oxygens (including phenoxy) is 1. The Balaban J connectivity index is 1.60. The molecule has 7 nitrogen and oxygen atoms in total. The number of rotatable bonds is 5. The molecule has 3 atom stereocenters. The number of allylic oxidation sites excluding steroid dienone is 2. The van der Waals surface area contributed by atoms with Crippen LogP contribution in [0.25, 0.3) is 0 Å². The molecule has 0 saturated carbocycles. The molecule has 3 amide bonds. The third-order valence-electron chi connectivity index (χ3n) is 5.15. The number of methoxy groups -OCH3 is 1. The summed E-state index contributed by atoms with van der Waals surface area (Å²) in [5.41, 5.74) is 1.21. The number of likely N-dealkylation sites (tertiary alicyclic amines) is 1. The van der Waals surface area contributed by atoms with Crippen molar-refractivity contribution in [1.82, 2.24) is 10.2 Å². The molecule has 1 aliphatic heterocycles. The molecule has 1 saturated heterocycles. The van der Waals surface area contributed by atoms with Crippen LogP contribution in [0.4, 0.5) is 0 Å². The van der Waals surface area contributed by atoms with Crippen LogP contribution < -0.4 is 5.32 Å². The average Bonchev–Trinajstić information content (AvgIpc) is 2.96. The lowest BCUT2D eigenvalue weighted by Gasteiger charge is -2.22. The van der Waals surface area contributed by atoms with Gasteiger partial charge in [0, 0.05) is 6.54 Å². The number of amides is 3. The van der Waals surface area contributed by atoms with E-state index in [2.05, 4.69) is 10.1 Å². The van der Waals surface area contributed by atoms with Crippen LogP contribution >= 0.6 is 0 Å². The molecule has 1 aromatic carbocycles. The van der Waals surface area contributed by atoms with E-state index >= 15 is 0 Å². The highest BCUT2D eigenvalue weighted by Crippen LogP contribution is 2.36. The molecular formula is C20H22N2O5. The minimum Gasteiger partial charge on any atom is -0.465 e. The van der Waals surface area contributed by atoms with Gasteiger partial charge in [0.05, 0.1) is 24.5 Å². The van der Waals surface area contributed by atoms with Crippen molar-refractivity contribution in [3.63, 3.8) is 0 Å². The van der Waals surface area contributed by atoms with Crippen molar-refractivity contribution in [2.45, 2.75) is 32.4 Å². The van der Waals surface area contributed by atoms with Crippen LogP contribution in [0, 0.1) is 11.8 Å². The fraction of sp³-hybridized carbons (Fsp3) is 0.400. The molecule has 3 rings (SSSR count). The number of nitrogens with zero attached hydrogens (tertiary/aromatic N) is 1. The standard InChI is InChI=1S/C20H22N2O5/c1-12(22-18(24)15-5-3-4-6-16(15)19(22)25)17(23)21-11-13-7-9-14(10-8-13)20(26)27-2/h3-4,7-10,12,15-16H,5-6,11H2,1-2H3,(H,21,23)/t12-,15-,16+/m1/s1. The van der Waals surface area contributed by atoms with Gasteiger partial charge >= 0.3 is 5.97 Å². The van der Waals surface area contributed by atoms with E-state index in [9.17, 15) is 19.2 Å². The van der Waals surface area contributed by atoms with E-state index in [4.69, 9.17) is 0 Å². The average molecular weight is 370 g/mol. The van der Waals surface area contributed by atoms with Crippen molar-refractivity contribution >= 4 is 23.7 Å². The minimum absolute atomic E-state index is 0.231. The number of hydrogen-bond donors (Lipinski definition) is 1. The van der Waals surface area contributed by atoms with Crippen LogP contribution in [0.3, 0.4) is 0 Å². The van der Waals surface area contributed by atoms with Crippen molar-refractivity contribution in [2.24, 2.45) is 11.8 Å². The topological polar surface area (TPSA) is 92.8 Å². The fourth-order valence-electron chi connectivity index (χ4n) is 3.54. The molecule has 1 heterocycles. The first-order valence-electron chi connectivity index (χ1n) is 8.91. The van der Waals surface area contributed by atoms with Gasteiger partial charge in [0.15, 0.2) is 0 Å². The van der Waals surface area contributed by atoms with Gasteiger partial charge in [-0.05, 0) is 37.5 Å². The number of benzene rings is 1. The molecule has 1 aromatic rings. The van der Waals surface area contributed by atoms with E-state index < -0.39 is 12.0 Å². The second kappa shape index (κ2) is 7.73. The zero-order chi connectivity index (χ0) is 19.6. The van der Waals surface area contributed by atoms with Crippen LogP contribution in [0.2, 0.25) is 0 Å². The van der Waals surface area contributed by atoms with Crippen LogP contribution in [0.15, 0.2) is 36.4 Å². The van der Waals surface area contributed by atoms with E-state index in [1.54, 1.807) is 31.2 Å². The summed E-state index contributed by atoms with van der Waals surface area (Å²) in [5.74, 6) is -2.03. The van der Waals surface area contributed by atoms with Crippen LogP contribution in [0.1, 0.15) is 35.7 Å². The van der Waals surface area contributed by atoms with Crippen LogP contribution in [-0.2, 0) is 25.7 Å². The highest BCUT2D eigenvalue weighted by atomic mass is 16.5. The van der Waals surface area contributed by atoms with E-state index in [0.717, 1.165) is 10.5 Å². The first kappa shape index (κ1) is 18.8. The zero-order valence-electron chi connectivity index (χ0n) is 15.3. The second-order valence-corrected chi connectivity index (χ2v) is 6.78. The smallest absolute Gasteiger partial charge is 0.337 e. The fourth-order valence-corrected chi connectivity index (χ4v) is 3.54. The van der Waals surface area contributed by atoms with Gasteiger partial charge in [-0.25, -0.2) is 4.79 Å². The zero-order valence-corrected chi connectivity index (χ0v) is 15.3. The Hall–Kier alpha value is -2.96. The molecule has 0 bridgehead atoms. The molecule has 1 N–H and O–H groups in total. The number of carbonyl (C=O) groups is 4. The molecule has 7 heteroatoms. The largest absolute Gasteiger partial charge is 0.465 e. The third-order valence-corrected chi connectivity index (χ3v) is 5.15. The van der Waals surface area contributed by atoms with Gasteiger partial charge in [-0.3, -0.25) is 19.3 Å². The molecule has 27 heavy (non-hydrogen) atoms. The maximum atomic E-state index is 12.5. The summed E-state index contributed by atoms with van der Waals surface area (Å²) in [7, 11) is 1.31.